The van der Waals surface area contributed by atoms with Crippen molar-refractivity contribution in [3.63, 3.8) is 0 Å². The van der Waals surface area contributed by atoms with Gasteiger partial charge in [-0.1, -0.05) is 0 Å². The summed E-state index contributed by atoms with van der Waals surface area (Å²) in [5.41, 5.74) is 4.80. The summed E-state index contributed by atoms with van der Waals surface area (Å²) in [5, 5.41) is 0. The van der Waals surface area contributed by atoms with Crippen molar-refractivity contribution >= 4 is 11.8 Å². The zero-order valence-electron chi connectivity index (χ0n) is 11.3. The van der Waals surface area contributed by atoms with Gasteiger partial charge in [-0.25, -0.2) is 0 Å². The summed E-state index contributed by atoms with van der Waals surface area (Å²) < 4.78 is 11.0. The van der Waals surface area contributed by atoms with Crippen LogP contribution < -0.4 is 10.9 Å². The van der Waals surface area contributed by atoms with Crippen LogP contribution >= 0.6 is 0 Å². The molecule has 108 valence electrons. The largest absolute Gasteiger partial charge is 0.376 e. The lowest BCUT2D eigenvalue weighted by Gasteiger charge is -2.23. The summed E-state index contributed by atoms with van der Waals surface area (Å²) in [4.78, 5) is 23.0. The Morgan fingerprint density at radius 1 is 1.26 bits per heavy atom. The Morgan fingerprint density at radius 2 is 2.05 bits per heavy atom. The van der Waals surface area contributed by atoms with E-state index >= 15 is 0 Å². The smallest absolute Gasteiger partial charge is 0.267 e. The average molecular weight is 270 g/mol. The molecular weight excluding hydrogens is 248 g/mol. The Bertz CT molecular complexity index is 325. The fraction of sp³-hybridized carbons (Fsp3) is 0.846. The van der Waals surface area contributed by atoms with E-state index in [1.165, 1.54) is 0 Å². The highest BCUT2D eigenvalue weighted by atomic mass is 16.5. The van der Waals surface area contributed by atoms with Gasteiger partial charge in [-0.3, -0.25) is 20.4 Å². The van der Waals surface area contributed by atoms with Crippen LogP contribution in [0.1, 0.15) is 39.0 Å². The Labute approximate surface area is 113 Å². The number of nitrogens with one attached hydrogen (secondary N) is 2. The third-order valence-electron chi connectivity index (χ3n) is 3.43. The first-order valence-electron chi connectivity index (χ1n) is 6.99. The number of hydrazine groups is 1. The van der Waals surface area contributed by atoms with Crippen LogP contribution in [0, 0.1) is 5.92 Å². The molecule has 1 aliphatic carbocycles. The van der Waals surface area contributed by atoms with E-state index in [2.05, 4.69) is 10.9 Å². The van der Waals surface area contributed by atoms with E-state index in [9.17, 15) is 9.59 Å². The van der Waals surface area contributed by atoms with Gasteiger partial charge in [-0.05, 0) is 39.0 Å². The highest BCUT2D eigenvalue weighted by Gasteiger charge is 2.30. The minimum Gasteiger partial charge on any atom is -0.376 e. The zero-order valence-corrected chi connectivity index (χ0v) is 11.3. The van der Waals surface area contributed by atoms with Crippen molar-refractivity contribution in [2.24, 2.45) is 5.92 Å². The average Bonchev–Trinajstić information content (AvgIpc) is 3.27. The molecule has 2 atom stereocenters. The van der Waals surface area contributed by atoms with Gasteiger partial charge in [0.2, 0.25) is 5.91 Å². The maximum atomic E-state index is 11.7. The van der Waals surface area contributed by atoms with Gasteiger partial charge in [-0.15, -0.1) is 0 Å². The maximum absolute atomic E-state index is 11.7. The first kappa shape index (κ1) is 14.3. The highest BCUT2D eigenvalue weighted by molar-refractivity contribution is 5.86. The van der Waals surface area contributed by atoms with E-state index < -0.39 is 6.10 Å². The first-order chi connectivity index (χ1) is 9.16. The molecule has 1 saturated carbocycles. The van der Waals surface area contributed by atoms with Gasteiger partial charge in [0.1, 0.15) is 6.10 Å². The van der Waals surface area contributed by atoms with E-state index in [1.54, 1.807) is 6.92 Å². The molecule has 0 aromatic rings. The second-order valence-electron chi connectivity index (χ2n) is 5.22. The van der Waals surface area contributed by atoms with Gasteiger partial charge in [0.25, 0.3) is 5.91 Å². The Hall–Kier alpha value is -1.14. The van der Waals surface area contributed by atoms with Crippen LogP contribution in [0.2, 0.25) is 0 Å². The van der Waals surface area contributed by atoms with E-state index in [4.69, 9.17) is 9.47 Å². The number of ether oxygens (including phenoxy) is 2. The van der Waals surface area contributed by atoms with Gasteiger partial charge < -0.3 is 9.47 Å². The molecule has 2 rings (SSSR count). The number of carbonyl (C=O) groups is 2. The number of carbonyl (C=O) groups excluding carboxylic acids is 2. The fourth-order valence-electron chi connectivity index (χ4n) is 1.94. The predicted octanol–water partition coefficient (Wildman–Crippen LogP) is 0.518. The Morgan fingerprint density at radius 3 is 2.68 bits per heavy atom. The highest BCUT2D eigenvalue weighted by Crippen LogP contribution is 2.28. The molecule has 0 radical (unpaired) electrons. The number of hydrogen-bond acceptors (Lipinski definition) is 4. The molecule has 2 amide bonds. The van der Waals surface area contributed by atoms with E-state index in [0.29, 0.717) is 6.61 Å². The summed E-state index contributed by atoms with van der Waals surface area (Å²) in [6, 6.07) is 0. The van der Waals surface area contributed by atoms with Gasteiger partial charge in [0, 0.05) is 12.5 Å². The van der Waals surface area contributed by atoms with Crippen molar-refractivity contribution < 1.29 is 19.1 Å². The summed E-state index contributed by atoms with van der Waals surface area (Å²) in [7, 11) is 0. The molecular formula is C13H22N2O4. The molecule has 0 bridgehead atoms. The fourth-order valence-corrected chi connectivity index (χ4v) is 1.94. The van der Waals surface area contributed by atoms with Gasteiger partial charge in [-0.2, -0.15) is 0 Å². The van der Waals surface area contributed by atoms with Crippen molar-refractivity contribution in [3.8, 4) is 0 Å². The van der Waals surface area contributed by atoms with Crippen molar-refractivity contribution in [2.75, 3.05) is 13.2 Å². The quantitative estimate of drug-likeness (QED) is 0.714. The first-order valence-corrected chi connectivity index (χ1v) is 6.99. The third-order valence-corrected chi connectivity index (χ3v) is 3.43. The van der Waals surface area contributed by atoms with Crippen LogP contribution in [-0.4, -0.2) is 37.2 Å². The number of amides is 2. The second-order valence-corrected chi connectivity index (χ2v) is 5.22. The third kappa shape index (κ3) is 4.80. The van der Waals surface area contributed by atoms with Gasteiger partial charge in [0.15, 0.2) is 0 Å². The minimum absolute atomic E-state index is 0.0761. The molecule has 2 aliphatic rings. The lowest BCUT2D eigenvalue weighted by atomic mass is 10.1. The summed E-state index contributed by atoms with van der Waals surface area (Å²) in [5.74, 6) is -0.367. The van der Waals surface area contributed by atoms with Crippen LogP contribution in [0.3, 0.4) is 0 Å². The molecule has 0 aromatic carbocycles. The van der Waals surface area contributed by atoms with E-state index in [-0.39, 0.29) is 23.8 Å². The van der Waals surface area contributed by atoms with E-state index in [1.807, 2.05) is 0 Å². The Balaban J connectivity index is 1.59. The standard InChI is InChI=1S/C13H22N2O4/c1-9(19-8-11-4-2-3-7-18-11)12(16)14-15-13(17)10-5-6-10/h9-11H,2-8H2,1H3,(H,14,16)(H,15,17)/t9-,11+/m1/s1. The molecule has 6 heteroatoms. The SMILES string of the molecule is C[C@@H](OC[C@@H]1CCCCO1)C(=O)NNC(=O)C1CC1. The molecule has 1 saturated heterocycles. The number of hydrogen-bond donors (Lipinski definition) is 2. The second kappa shape index (κ2) is 6.86. The summed E-state index contributed by atoms with van der Waals surface area (Å²) >= 11 is 0. The van der Waals surface area contributed by atoms with Crippen LogP contribution in [0.25, 0.3) is 0 Å². The lowest BCUT2D eigenvalue weighted by molar-refractivity contribution is -0.139. The van der Waals surface area contributed by atoms with Crippen molar-refractivity contribution in [1.29, 1.82) is 0 Å². The monoisotopic (exact) mass is 270 g/mol. The van der Waals surface area contributed by atoms with Crippen LogP contribution in [0.15, 0.2) is 0 Å². The molecule has 19 heavy (non-hydrogen) atoms. The normalized spacial score (nSPS) is 24.6. The van der Waals surface area contributed by atoms with Gasteiger partial charge >= 0.3 is 0 Å². The van der Waals surface area contributed by atoms with Gasteiger partial charge in [0.05, 0.1) is 12.7 Å². The minimum atomic E-state index is -0.593. The van der Waals surface area contributed by atoms with Crippen LogP contribution in [0.4, 0.5) is 0 Å². The van der Waals surface area contributed by atoms with Crippen molar-refractivity contribution in [2.45, 2.75) is 51.2 Å². The molecule has 1 heterocycles. The topological polar surface area (TPSA) is 76.7 Å². The summed E-state index contributed by atoms with van der Waals surface area (Å²) in [6.07, 6.45) is 4.54. The Kier molecular flexibility index (Phi) is 5.15. The van der Waals surface area contributed by atoms with Crippen LogP contribution in [0.5, 0.6) is 0 Å². The molecule has 2 N–H and O–H groups in total. The lowest BCUT2D eigenvalue weighted by Crippen LogP contribution is -2.47. The maximum Gasteiger partial charge on any atom is 0.267 e. The molecule has 0 unspecified atom stereocenters. The number of rotatable bonds is 5. The summed E-state index contributed by atoms with van der Waals surface area (Å²) in [6.45, 7) is 2.86. The van der Waals surface area contributed by atoms with E-state index in [0.717, 1.165) is 38.7 Å². The molecule has 0 spiro atoms. The van der Waals surface area contributed by atoms with Crippen molar-refractivity contribution in [1.82, 2.24) is 10.9 Å². The zero-order chi connectivity index (χ0) is 13.7. The predicted molar refractivity (Wildman–Crippen MR) is 68.0 cm³/mol. The molecule has 0 aromatic heterocycles. The van der Waals surface area contributed by atoms with Crippen LogP contribution in [-0.2, 0) is 19.1 Å². The molecule has 1 aliphatic heterocycles. The molecule has 2 fully saturated rings. The van der Waals surface area contributed by atoms with Crippen molar-refractivity contribution in [3.05, 3.63) is 0 Å². The molecule has 6 nitrogen and oxygen atoms in total.